The Morgan fingerprint density at radius 1 is 1.26 bits per heavy atom. The van der Waals surface area contributed by atoms with E-state index in [0.717, 1.165) is 12.8 Å². The van der Waals surface area contributed by atoms with Gasteiger partial charge in [-0.3, -0.25) is 4.21 Å². The molecule has 0 saturated carbocycles. The maximum atomic E-state index is 14.4. The first-order valence-electron chi connectivity index (χ1n) is 11.5. The van der Waals surface area contributed by atoms with Crippen LogP contribution in [0.25, 0.3) is 11.0 Å². The molecule has 0 aliphatic heterocycles. The third-order valence-electron chi connectivity index (χ3n) is 4.50. The van der Waals surface area contributed by atoms with Crippen molar-refractivity contribution in [2.75, 3.05) is 6.26 Å². The number of allylic oxidation sites excluding steroid dienone is 8. The van der Waals surface area contributed by atoms with Crippen LogP contribution in [-0.4, -0.2) is 20.0 Å². The molecule has 6 heteroatoms. The van der Waals surface area contributed by atoms with Gasteiger partial charge in [-0.1, -0.05) is 63.3 Å². The van der Waals surface area contributed by atoms with Crippen LogP contribution in [0, 0.1) is 30.9 Å². The summed E-state index contributed by atoms with van der Waals surface area (Å²) in [4.78, 5) is 4.19. The van der Waals surface area contributed by atoms with Crippen LogP contribution < -0.4 is 0 Å². The Labute approximate surface area is 206 Å². The largest absolute Gasteiger partial charge is 0.316 e. The van der Waals surface area contributed by atoms with Crippen molar-refractivity contribution < 1.29 is 13.0 Å². The van der Waals surface area contributed by atoms with Gasteiger partial charge in [0.15, 0.2) is 11.0 Å². The Morgan fingerprint density at radius 3 is 2.47 bits per heavy atom. The van der Waals surface area contributed by atoms with Gasteiger partial charge in [-0.05, 0) is 45.6 Å². The first-order valence-corrected chi connectivity index (χ1v) is 13.1. The van der Waals surface area contributed by atoms with Crippen molar-refractivity contribution in [3.8, 4) is 12.3 Å². The van der Waals surface area contributed by atoms with Crippen LogP contribution in [0.5, 0.6) is 0 Å². The van der Waals surface area contributed by atoms with Crippen LogP contribution in [0.15, 0.2) is 59.3 Å². The van der Waals surface area contributed by atoms with E-state index in [0.29, 0.717) is 18.5 Å². The molecule has 2 aromatic rings. The molecule has 3 nitrogen and oxygen atoms in total. The normalized spacial score (nSPS) is 12.5. The van der Waals surface area contributed by atoms with Crippen molar-refractivity contribution >= 4 is 21.8 Å². The maximum Gasteiger partial charge on any atom is 0.199 e. The molecule has 1 atom stereocenters. The molecule has 1 aromatic carbocycles. The van der Waals surface area contributed by atoms with Gasteiger partial charge in [0, 0.05) is 24.4 Å². The second kappa shape index (κ2) is 17.7. The number of rotatable bonds is 9. The molecule has 0 bridgehead atoms. The van der Waals surface area contributed by atoms with Crippen molar-refractivity contribution in [1.82, 2.24) is 9.55 Å². The zero-order valence-electron chi connectivity index (χ0n) is 21.5. The number of hydrogen-bond donors (Lipinski definition) is 0. The van der Waals surface area contributed by atoms with E-state index < -0.39 is 22.4 Å². The molecule has 0 spiro atoms. The summed E-state index contributed by atoms with van der Waals surface area (Å²) in [7, 11) is -1.41. The van der Waals surface area contributed by atoms with E-state index in [1.807, 2.05) is 45.1 Å². The van der Waals surface area contributed by atoms with Crippen molar-refractivity contribution in [3.63, 3.8) is 0 Å². The van der Waals surface area contributed by atoms with Crippen molar-refractivity contribution in [2.24, 2.45) is 0 Å². The van der Waals surface area contributed by atoms with E-state index in [-0.39, 0.29) is 16.2 Å². The molecule has 0 radical (unpaired) electrons. The lowest BCUT2D eigenvalue weighted by Gasteiger charge is -2.07. The van der Waals surface area contributed by atoms with Gasteiger partial charge in [-0.15, -0.1) is 12.3 Å². The molecule has 2 rings (SSSR count). The van der Waals surface area contributed by atoms with Gasteiger partial charge in [-0.2, -0.15) is 0 Å². The van der Waals surface area contributed by atoms with Gasteiger partial charge in [0.1, 0.15) is 11.3 Å². The zero-order valence-corrected chi connectivity index (χ0v) is 22.3. The molecule has 0 saturated heterocycles. The first kappa shape index (κ1) is 31.2. The maximum absolute atomic E-state index is 14.4. The van der Waals surface area contributed by atoms with Crippen molar-refractivity contribution in [1.29, 1.82) is 0 Å². The van der Waals surface area contributed by atoms with E-state index in [1.165, 1.54) is 24.8 Å². The van der Waals surface area contributed by atoms with Crippen LogP contribution in [0.1, 0.15) is 59.4 Å². The van der Waals surface area contributed by atoms with Crippen LogP contribution >= 0.6 is 0 Å². The third kappa shape index (κ3) is 9.61. The average molecular weight is 489 g/mol. The van der Waals surface area contributed by atoms with Crippen LogP contribution in [0.4, 0.5) is 8.78 Å². The summed E-state index contributed by atoms with van der Waals surface area (Å²) >= 11 is 0. The molecule has 186 valence electrons. The van der Waals surface area contributed by atoms with Gasteiger partial charge in [0.05, 0.1) is 16.3 Å². The Hall–Kier alpha value is -2.78. The number of imidazole rings is 1. The standard InChI is InChI=1S/C23H28F2N2OS.C3H4.C2H6/c1-5-7-8-9-13-18(12-6-2)14-10-11-15-27-20-16-19(24)17(3)21(25)22(20)26-23(27)29(4)28;1-3-2;1-2/h5,7-10,12,14,16H,6,11,13,15H2,1-4H3;1H,2H3;1-2H3/b7-5-,9-8-,14-10-,18-12-;;. The first-order chi connectivity index (χ1) is 16.3. The minimum absolute atomic E-state index is 0.0683. The molecule has 0 aliphatic carbocycles. The molecule has 0 N–H and O–H groups in total. The number of hydrogen-bond acceptors (Lipinski definition) is 2. The highest BCUT2D eigenvalue weighted by Gasteiger charge is 2.19. The smallest absolute Gasteiger partial charge is 0.199 e. The topological polar surface area (TPSA) is 34.9 Å². The minimum Gasteiger partial charge on any atom is -0.316 e. The Balaban J connectivity index is 0.00000201. The summed E-state index contributed by atoms with van der Waals surface area (Å²) in [5.41, 5.74) is 1.54. The average Bonchev–Trinajstić information content (AvgIpc) is 3.18. The zero-order chi connectivity index (χ0) is 26.1. The Bertz CT molecular complexity index is 1090. The van der Waals surface area contributed by atoms with E-state index in [9.17, 15) is 13.0 Å². The molecule has 1 heterocycles. The minimum atomic E-state index is -1.41. The summed E-state index contributed by atoms with van der Waals surface area (Å²) in [6.45, 7) is 11.5. The lowest BCUT2D eigenvalue weighted by atomic mass is 10.1. The molecule has 0 aliphatic rings. The molecule has 0 fully saturated rings. The predicted molar refractivity (Wildman–Crippen MR) is 143 cm³/mol. The van der Waals surface area contributed by atoms with E-state index in [1.54, 1.807) is 11.5 Å². The quantitative estimate of drug-likeness (QED) is 0.266. The van der Waals surface area contributed by atoms with Gasteiger partial charge in [0.2, 0.25) is 0 Å². The van der Waals surface area contributed by atoms with Crippen LogP contribution in [0.3, 0.4) is 0 Å². The summed E-state index contributed by atoms with van der Waals surface area (Å²) < 4.78 is 42.2. The monoisotopic (exact) mass is 488 g/mol. The highest BCUT2D eigenvalue weighted by atomic mass is 32.2. The van der Waals surface area contributed by atoms with Gasteiger partial charge >= 0.3 is 0 Å². The van der Waals surface area contributed by atoms with Gasteiger partial charge < -0.3 is 4.57 Å². The number of fused-ring (bicyclic) bond motifs is 1. The summed E-state index contributed by atoms with van der Waals surface area (Å²) in [6.07, 6.45) is 22.9. The SMILES string of the molecule is C#CC.C/C=C\C=C/CC(/C=C\CCn1c(S(C)=O)nc2c(F)c(C)c(F)cc21)=C/CC.CC. The van der Waals surface area contributed by atoms with E-state index in [2.05, 4.69) is 42.5 Å². The van der Waals surface area contributed by atoms with Crippen molar-refractivity contribution in [3.05, 3.63) is 71.4 Å². The lowest BCUT2D eigenvalue weighted by molar-refractivity contribution is 0.574. The fraction of sp³-hybridized carbons (Fsp3) is 0.393. The van der Waals surface area contributed by atoms with Gasteiger partial charge in [-0.25, -0.2) is 13.8 Å². The lowest BCUT2D eigenvalue weighted by Crippen LogP contribution is -2.05. The Kier molecular flexibility index (Phi) is 16.2. The highest BCUT2D eigenvalue weighted by molar-refractivity contribution is 7.84. The van der Waals surface area contributed by atoms with E-state index >= 15 is 0 Å². The number of aryl methyl sites for hydroxylation is 1. The molecular weight excluding hydrogens is 450 g/mol. The predicted octanol–water partition coefficient (Wildman–Crippen LogP) is 7.83. The summed E-state index contributed by atoms with van der Waals surface area (Å²) in [6, 6.07) is 1.27. The molecule has 1 unspecified atom stereocenters. The van der Waals surface area contributed by atoms with Crippen LogP contribution in [0.2, 0.25) is 0 Å². The summed E-state index contributed by atoms with van der Waals surface area (Å²) in [5.74, 6) is 0.934. The fourth-order valence-corrected chi connectivity index (χ4v) is 3.73. The Morgan fingerprint density at radius 2 is 1.91 bits per heavy atom. The van der Waals surface area contributed by atoms with Crippen molar-refractivity contribution in [2.45, 2.75) is 72.5 Å². The van der Waals surface area contributed by atoms with E-state index in [4.69, 9.17) is 0 Å². The highest BCUT2D eigenvalue weighted by Crippen LogP contribution is 2.26. The number of benzene rings is 1. The number of nitrogens with zero attached hydrogens (tertiary/aromatic N) is 2. The summed E-state index contributed by atoms with van der Waals surface area (Å²) in [5, 5.41) is 0.260. The second-order valence-corrected chi connectivity index (χ2v) is 8.26. The molecule has 1 aromatic heterocycles. The number of halogens is 2. The molecular formula is C28H38F2N2OS. The second-order valence-electron chi connectivity index (χ2n) is 6.99. The number of terminal acetylenes is 1. The number of aromatic nitrogens is 2. The van der Waals surface area contributed by atoms with Crippen LogP contribution in [-0.2, 0) is 17.3 Å². The molecule has 0 amide bonds. The fourth-order valence-electron chi connectivity index (χ4n) is 3.01. The van der Waals surface area contributed by atoms with Gasteiger partial charge in [0.25, 0.3) is 0 Å². The third-order valence-corrected chi connectivity index (χ3v) is 5.32. The molecule has 34 heavy (non-hydrogen) atoms.